The number of rotatable bonds is 8. The van der Waals surface area contributed by atoms with Gasteiger partial charge >= 0.3 is 0 Å². The fraction of sp³-hybridized carbons (Fsp3) is 0.364. The monoisotopic (exact) mass is 381 g/mol. The number of nitrogens with one attached hydrogen (secondary N) is 3. The van der Waals surface area contributed by atoms with Gasteiger partial charge in [0.05, 0.1) is 6.04 Å². The Kier molecular flexibility index (Phi) is 7.03. The van der Waals surface area contributed by atoms with Gasteiger partial charge in [-0.2, -0.15) is 0 Å². The SMILES string of the molecule is Cc1cccc(NC(=O)COc2ccc(CCNC(=O)C3CCCN3)cc2)c1. The van der Waals surface area contributed by atoms with E-state index in [1.807, 2.05) is 55.5 Å². The van der Waals surface area contributed by atoms with Gasteiger partial charge in [-0.3, -0.25) is 9.59 Å². The summed E-state index contributed by atoms with van der Waals surface area (Å²) in [6.07, 6.45) is 2.73. The summed E-state index contributed by atoms with van der Waals surface area (Å²) in [5.41, 5.74) is 2.96. The smallest absolute Gasteiger partial charge is 0.262 e. The van der Waals surface area contributed by atoms with Crippen molar-refractivity contribution < 1.29 is 14.3 Å². The lowest BCUT2D eigenvalue weighted by Gasteiger charge is -2.11. The van der Waals surface area contributed by atoms with E-state index < -0.39 is 0 Å². The first-order valence-electron chi connectivity index (χ1n) is 9.69. The summed E-state index contributed by atoms with van der Waals surface area (Å²) in [7, 11) is 0. The van der Waals surface area contributed by atoms with Gasteiger partial charge in [0.25, 0.3) is 5.91 Å². The van der Waals surface area contributed by atoms with Crippen LogP contribution in [0.5, 0.6) is 5.75 Å². The first-order valence-corrected chi connectivity index (χ1v) is 9.69. The number of benzene rings is 2. The zero-order valence-corrected chi connectivity index (χ0v) is 16.2. The molecule has 1 fully saturated rings. The molecule has 2 amide bonds. The molecule has 3 N–H and O–H groups in total. The first-order chi connectivity index (χ1) is 13.6. The van der Waals surface area contributed by atoms with Crippen LogP contribution in [-0.2, 0) is 16.0 Å². The van der Waals surface area contributed by atoms with Gasteiger partial charge < -0.3 is 20.7 Å². The highest BCUT2D eigenvalue weighted by molar-refractivity contribution is 5.91. The molecule has 1 saturated heterocycles. The van der Waals surface area contributed by atoms with Gasteiger partial charge in [0, 0.05) is 12.2 Å². The Labute approximate surface area is 165 Å². The topological polar surface area (TPSA) is 79.5 Å². The Morgan fingerprint density at radius 2 is 2.00 bits per heavy atom. The fourth-order valence-corrected chi connectivity index (χ4v) is 3.18. The van der Waals surface area contributed by atoms with Crippen LogP contribution in [0.15, 0.2) is 48.5 Å². The zero-order valence-electron chi connectivity index (χ0n) is 16.2. The van der Waals surface area contributed by atoms with E-state index in [1.54, 1.807) is 0 Å². The lowest BCUT2D eigenvalue weighted by molar-refractivity contribution is -0.122. The summed E-state index contributed by atoms with van der Waals surface area (Å²) < 4.78 is 5.55. The zero-order chi connectivity index (χ0) is 19.8. The normalized spacial score (nSPS) is 15.8. The van der Waals surface area contributed by atoms with Crippen LogP contribution in [0.25, 0.3) is 0 Å². The maximum Gasteiger partial charge on any atom is 0.262 e. The van der Waals surface area contributed by atoms with Crippen molar-refractivity contribution in [3.05, 3.63) is 59.7 Å². The van der Waals surface area contributed by atoms with Gasteiger partial charge in [-0.1, -0.05) is 24.3 Å². The van der Waals surface area contributed by atoms with E-state index >= 15 is 0 Å². The molecular weight excluding hydrogens is 354 g/mol. The fourth-order valence-electron chi connectivity index (χ4n) is 3.18. The third-order valence-corrected chi connectivity index (χ3v) is 4.68. The van der Waals surface area contributed by atoms with Crippen LogP contribution >= 0.6 is 0 Å². The summed E-state index contributed by atoms with van der Waals surface area (Å²) in [4.78, 5) is 24.0. The van der Waals surface area contributed by atoms with Crippen molar-refractivity contribution in [3.63, 3.8) is 0 Å². The largest absolute Gasteiger partial charge is 0.484 e. The Morgan fingerprint density at radius 3 is 2.71 bits per heavy atom. The summed E-state index contributed by atoms with van der Waals surface area (Å²) in [6.45, 7) is 3.46. The second-order valence-corrected chi connectivity index (χ2v) is 7.04. The molecule has 1 unspecified atom stereocenters. The number of anilines is 1. The molecule has 148 valence electrons. The maximum atomic E-state index is 12.0. The molecule has 1 aliphatic rings. The Morgan fingerprint density at radius 1 is 1.18 bits per heavy atom. The Bertz CT molecular complexity index is 799. The number of ether oxygens (including phenoxy) is 1. The molecule has 1 heterocycles. The number of aryl methyl sites for hydroxylation is 1. The number of hydrogen-bond acceptors (Lipinski definition) is 4. The van der Waals surface area contributed by atoms with E-state index in [1.165, 1.54) is 0 Å². The molecule has 28 heavy (non-hydrogen) atoms. The lowest BCUT2D eigenvalue weighted by Crippen LogP contribution is -2.41. The van der Waals surface area contributed by atoms with E-state index in [0.29, 0.717) is 12.3 Å². The van der Waals surface area contributed by atoms with Crippen molar-refractivity contribution in [1.82, 2.24) is 10.6 Å². The van der Waals surface area contributed by atoms with Crippen LogP contribution in [0, 0.1) is 6.92 Å². The predicted molar refractivity (Wildman–Crippen MR) is 109 cm³/mol. The van der Waals surface area contributed by atoms with Crippen molar-refractivity contribution in [2.45, 2.75) is 32.2 Å². The lowest BCUT2D eigenvalue weighted by atomic mass is 10.1. The summed E-state index contributed by atoms with van der Waals surface area (Å²) in [5.74, 6) is 0.525. The van der Waals surface area contributed by atoms with Crippen LogP contribution in [0.1, 0.15) is 24.0 Å². The molecule has 0 spiro atoms. The van der Waals surface area contributed by atoms with Crippen molar-refractivity contribution in [1.29, 1.82) is 0 Å². The molecule has 0 radical (unpaired) electrons. The molecule has 0 saturated carbocycles. The molecule has 2 aromatic carbocycles. The van der Waals surface area contributed by atoms with E-state index in [2.05, 4.69) is 16.0 Å². The van der Waals surface area contributed by atoms with Crippen LogP contribution in [0.3, 0.4) is 0 Å². The van der Waals surface area contributed by atoms with Crippen molar-refractivity contribution in [2.24, 2.45) is 0 Å². The molecule has 3 rings (SSSR count). The highest BCUT2D eigenvalue weighted by Gasteiger charge is 2.21. The van der Waals surface area contributed by atoms with Gasteiger partial charge in [-0.05, 0) is 68.1 Å². The van der Waals surface area contributed by atoms with Gasteiger partial charge in [0.15, 0.2) is 6.61 Å². The molecule has 0 aromatic heterocycles. The van der Waals surface area contributed by atoms with Crippen molar-refractivity contribution in [3.8, 4) is 5.75 Å². The number of amides is 2. The first kappa shape index (κ1) is 19.9. The molecule has 0 bridgehead atoms. The van der Waals surface area contributed by atoms with E-state index in [-0.39, 0.29) is 24.5 Å². The summed E-state index contributed by atoms with van der Waals surface area (Å²) >= 11 is 0. The average Bonchev–Trinajstić information content (AvgIpc) is 3.22. The molecule has 6 nitrogen and oxygen atoms in total. The van der Waals surface area contributed by atoms with Gasteiger partial charge in [0.1, 0.15) is 5.75 Å². The summed E-state index contributed by atoms with van der Waals surface area (Å²) in [5, 5.41) is 8.98. The highest BCUT2D eigenvalue weighted by atomic mass is 16.5. The molecule has 1 atom stereocenters. The van der Waals surface area contributed by atoms with Crippen LogP contribution in [-0.4, -0.2) is 37.6 Å². The maximum absolute atomic E-state index is 12.0. The Hall–Kier alpha value is -2.86. The number of carbonyl (C=O) groups excluding carboxylic acids is 2. The molecule has 6 heteroatoms. The predicted octanol–water partition coefficient (Wildman–Crippen LogP) is 2.42. The van der Waals surface area contributed by atoms with E-state index in [4.69, 9.17) is 4.74 Å². The third-order valence-electron chi connectivity index (χ3n) is 4.68. The molecule has 1 aliphatic heterocycles. The average molecular weight is 381 g/mol. The van der Waals surface area contributed by atoms with Crippen LogP contribution < -0.4 is 20.7 Å². The summed E-state index contributed by atoms with van der Waals surface area (Å²) in [6, 6.07) is 15.2. The second-order valence-electron chi connectivity index (χ2n) is 7.04. The van der Waals surface area contributed by atoms with Crippen LogP contribution in [0.2, 0.25) is 0 Å². The minimum Gasteiger partial charge on any atom is -0.484 e. The minimum absolute atomic E-state index is 0.0401. The van der Waals surface area contributed by atoms with Gasteiger partial charge in [-0.25, -0.2) is 0 Å². The third kappa shape index (κ3) is 6.09. The van der Waals surface area contributed by atoms with E-state index in [9.17, 15) is 9.59 Å². The van der Waals surface area contributed by atoms with Crippen molar-refractivity contribution in [2.75, 3.05) is 25.0 Å². The molecule has 0 aliphatic carbocycles. The quantitative estimate of drug-likeness (QED) is 0.656. The minimum atomic E-state index is -0.196. The van der Waals surface area contributed by atoms with Crippen LogP contribution in [0.4, 0.5) is 5.69 Å². The molecular formula is C22H27N3O3. The number of carbonyl (C=O) groups is 2. The van der Waals surface area contributed by atoms with Crippen molar-refractivity contribution >= 4 is 17.5 Å². The second kappa shape index (κ2) is 9.90. The van der Waals surface area contributed by atoms with E-state index in [0.717, 1.165) is 42.6 Å². The molecule has 2 aromatic rings. The highest BCUT2D eigenvalue weighted by Crippen LogP contribution is 2.13. The van der Waals surface area contributed by atoms with Gasteiger partial charge in [0.2, 0.25) is 5.91 Å². The standard InChI is InChI=1S/C22H27N3O3/c1-16-4-2-5-18(14-16)25-21(26)15-28-19-9-7-17(8-10-19)11-13-24-22(27)20-6-3-12-23-20/h2,4-5,7-10,14,20,23H,3,6,11-13,15H2,1H3,(H,24,27)(H,25,26). The number of hydrogen-bond donors (Lipinski definition) is 3. The van der Waals surface area contributed by atoms with Gasteiger partial charge in [-0.15, -0.1) is 0 Å². The Balaban J connectivity index is 1.37.